The van der Waals surface area contributed by atoms with Gasteiger partial charge in [-0.2, -0.15) is 0 Å². The molecule has 126 valence electrons. The molecule has 0 saturated heterocycles. The van der Waals surface area contributed by atoms with Crippen LogP contribution in [0.4, 0.5) is 0 Å². The summed E-state index contributed by atoms with van der Waals surface area (Å²) in [6.07, 6.45) is 0.895. The highest BCUT2D eigenvalue weighted by atomic mass is 35.5. The standard InChI is InChI=1S/C17H28N2O2.ClH/c1-5-15(19-16(20)13-18-11-12-21-4)17(2,3)14-9-7-6-8-10-14;/h6-10,15,18H,5,11-13H2,1-4H3,(H,19,20);1H. The van der Waals surface area contributed by atoms with Crippen molar-refractivity contribution in [1.82, 2.24) is 10.6 Å². The van der Waals surface area contributed by atoms with Gasteiger partial charge >= 0.3 is 0 Å². The highest BCUT2D eigenvalue weighted by molar-refractivity contribution is 5.85. The van der Waals surface area contributed by atoms with E-state index in [1.165, 1.54) is 5.56 Å². The molecule has 0 aliphatic carbocycles. The fourth-order valence-corrected chi connectivity index (χ4v) is 2.48. The molecule has 0 aliphatic rings. The van der Waals surface area contributed by atoms with Crippen molar-refractivity contribution in [3.63, 3.8) is 0 Å². The number of methoxy groups -OCH3 is 1. The van der Waals surface area contributed by atoms with E-state index in [2.05, 4.69) is 43.5 Å². The molecule has 1 rings (SSSR count). The zero-order valence-corrected chi connectivity index (χ0v) is 14.8. The number of hydrogen-bond donors (Lipinski definition) is 2. The molecule has 1 aromatic carbocycles. The monoisotopic (exact) mass is 328 g/mol. The highest BCUT2D eigenvalue weighted by Gasteiger charge is 2.30. The molecule has 0 heterocycles. The number of hydrogen-bond acceptors (Lipinski definition) is 3. The van der Waals surface area contributed by atoms with Gasteiger partial charge in [0.05, 0.1) is 13.2 Å². The molecule has 5 heteroatoms. The lowest BCUT2D eigenvalue weighted by molar-refractivity contribution is -0.121. The van der Waals surface area contributed by atoms with E-state index in [0.29, 0.717) is 19.7 Å². The van der Waals surface area contributed by atoms with Gasteiger partial charge in [0.1, 0.15) is 0 Å². The lowest BCUT2D eigenvalue weighted by Crippen LogP contribution is -2.49. The van der Waals surface area contributed by atoms with E-state index in [9.17, 15) is 4.79 Å². The molecule has 4 nitrogen and oxygen atoms in total. The second kappa shape index (κ2) is 10.6. The van der Waals surface area contributed by atoms with E-state index in [0.717, 1.165) is 6.42 Å². The Kier molecular flexibility index (Phi) is 10.1. The zero-order valence-electron chi connectivity index (χ0n) is 14.0. The second-order valence-corrected chi connectivity index (χ2v) is 5.79. The quantitative estimate of drug-likeness (QED) is 0.685. The summed E-state index contributed by atoms with van der Waals surface area (Å²) in [6.45, 7) is 8.08. The van der Waals surface area contributed by atoms with E-state index in [4.69, 9.17) is 4.74 Å². The van der Waals surface area contributed by atoms with Crippen molar-refractivity contribution in [3.05, 3.63) is 35.9 Å². The first-order valence-corrected chi connectivity index (χ1v) is 7.57. The van der Waals surface area contributed by atoms with Crippen LogP contribution in [-0.4, -0.2) is 38.8 Å². The van der Waals surface area contributed by atoms with Gasteiger partial charge in [-0.3, -0.25) is 4.79 Å². The van der Waals surface area contributed by atoms with Gasteiger partial charge in [0.25, 0.3) is 0 Å². The van der Waals surface area contributed by atoms with Crippen molar-refractivity contribution in [3.8, 4) is 0 Å². The summed E-state index contributed by atoms with van der Waals surface area (Å²) in [7, 11) is 1.65. The summed E-state index contributed by atoms with van der Waals surface area (Å²) < 4.78 is 4.94. The molecule has 0 radical (unpaired) electrons. The van der Waals surface area contributed by atoms with Crippen LogP contribution in [0.5, 0.6) is 0 Å². The third kappa shape index (κ3) is 6.34. The van der Waals surface area contributed by atoms with Crippen molar-refractivity contribution >= 4 is 18.3 Å². The SMILES string of the molecule is CCC(NC(=O)CNCCOC)C(C)(C)c1ccccc1.Cl. The maximum atomic E-state index is 12.0. The van der Waals surface area contributed by atoms with Crippen LogP contribution in [0.3, 0.4) is 0 Å². The summed E-state index contributed by atoms with van der Waals surface area (Å²) in [5.74, 6) is 0.0296. The van der Waals surface area contributed by atoms with Gasteiger partial charge in [0, 0.05) is 25.1 Å². The summed E-state index contributed by atoms with van der Waals surface area (Å²) in [5.41, 5.74) is 1.14. The number of halogens is 1. The van der Waals surface area contributed by atoms with Gasteiger partial charge in [0.15, 0.2) is 0 Å². The van der Waals surface area contributed by atoms with E-state index >= 15 is 0 Å². The molecular weight excluding hydrogens is 300 g/mol. The number of carbonyl (C=O) groups is 1. The molecule has 1 amide bonds. The normalized spacial score (nSPS) is 12.4. The minimum absolute atomic E-state index is 0. The Balaban J connectivity index is 0.00000441. The third-order valence-electron chi connectivity index (χ3n) is 3.90. The van der Waals surface area contributed by atoms with Crippen LogP contribution in [0.2, 0.25) is 0 Å². The lowest BCUT2D eigenvalue weighted by Gasteiger charge is -2.35. The molecule has 22 heavy (non-hydrogen) atoms. The lowest BCUT2D eigenvalue weighted by atomic mass is 9.76. The van der Waals surface area contributed by atoms with E-state index in [1.54, 1.807) is 7.11 Å². The van der Waals surface area contributed by atoms with Crippen molar-refractivity contribution < 1.29 is 9.53 Å². The Morgan fingerprint density at radius 1 is 1.27 bits per heavy atom. The average Bonchev–Trinajstić information content (AvgIpc) is 2.50. The predicted molar refractivity (Wildman–Crippen MR) is 93.7 cm³/mol. The van der Waals surface area contributed by atoms with Crippen LogP contribution >= 0.6 is 12.4 Å². The van der Waals surface area contributed by atoms with Crippen LogP contribution in [0, 0.1) is 0 Å². The predicted octanol–water partition coefficient (Wildman–Crippen LogP) is 2.52. The molecule has 0 bridgehead atoms. The smallest absolute Gasteiger partial charge is 0.234 e. The van der Waals surface area contributed by atoms with Crippen LogP contribution in [-0.2, 0) is 14.9 Å². The maximum absolute atomic E-state index is 12.0. The van der Waals surface area contributed by atoms with Crippen LogP contribution in [0.25, 0.3) is 0 Å². The number of amides is 1. The number of rotatable bonds is 9. The molecule has 0 saturated carbocycles. The molecule has 1 unspecified atom stereocenters. The summed E-state index contributed by atoms with van der Waals surface area (Å²) in [4.78, 5) is 12.0. The fourth-order valence-electron chi connectivity index (χ4n) is 2.48. The molecule has 1 atom stereocenters. The summed E-state index contributed by atoms with van der Waals surface area (Å²) in [5, 5.41) is 6.21. The summed E-state index contributed by atoms with van der Waals surface area (Å²) in [6, 6.07) is 10.4. The Hall–Kier alpha value is -1.10. The molecule has 0 aromatic heterocycles. The summed E-state index contributed by atoms with van der Waals surface area (Å²) >= 11 is 0. The topological polar surface area (TPSA) is 50.4 Å². The molecular formula is C17H29ClN2O2. The number of nitrogens with one attached hydrogen (secondary N) is 2. The minimum Gasteiger partial charge on any atom is -0.383 e. The highest BCUT2D eigenvalue weighted by Crippen LogP contribution is 2.28. The van der Waals surface area contributed by atoms with Gasteiger partial charge in [0.2, 0.25) is 5.91 Å². The van der Waals surface area contributed by atoms with E-state index in [-0.39, 0.29) is 29.8 Å². The Morgan fingerprint density at radius 2 is 1.91 bits per heavy atom. The first kappa shape index (κ1) is 20.9. The van der Waals surface area contributed by atoms with Crippen LogP contribution < -0.4 is 10.6 Å². The van der Waals surface area contributed by atoms with Gasteiger partial charge in [-0.05, 0) is 12.0 Å². The Morgan fingerprint density at radius 3 is 2.45 bits per heavy atom. The maximum Gasteiger partial charge on any atom is 0.234 e. The van der Waals surface area contributed by atoms with Crippen LogP contribution in [0.1, 0.15) is 32.8 Å². The van der Waals surface area contributed by atoms with Gasteiger partial charge < -0.3 is 15.4 Å². The van der Waals surface area contributed by atoms with Gasteiger partial charge in [-0.15, -0.1) is 12.4 Å². The minimum atomic E-state index is -0.0990. The number of benzene rings is 1. The van der Waals surface area contributed by atoms with Crippen molar-refractivity contribution in [1.29, 1.82) is 0 Å². The molecule has 0 spiro atoms. The molecule has 0 fully saturated rings. The zero-order chi connectivity index (χ0) is 15.7. The Bertz CT molecular complexity index is 424. The van der Waals surface area contributed by atoms with Gasteiger partial charge in [-0.1, -0.05) is 51.1 Å². The first-order chi connectivity index (χ1) is 10.0. The molecule has 2 N–H and O–H groups in total. The van der Waals surface area contributed by atoms with Crippen molar-refractivity contribution in [2.75, 3.05) is 26.8 Å². The van der Waals surface area contributed by atoms with Crippen LogP contribution in [0.15, 0.2) is 30.3 Å². The van der Waals surface area contributed by atoms with E-state index < -0.39 is 0 Å². The largest absolute Gasteiger partial charge is 0.383 e. The Labute approximate surface area is 140 Å². The molecule has 0 aliphatic heterocycles. The fraction of sp³-hybridized carbons (Fsp3) is 0.588. The van der Waals surface area contributed by atoms with Gasteiger partial charge in [-0.25, -0.2) is 0 Å². The van der Waals surface area contributed by atoms with E-state index in [1.807, 2.05) is 18.2 Å². The van der Waals surface area contributed by atoms with Crippen molar-refractivity contribution in [2.45, 2.75) is 38.6 Å². The van der Waals surface area contributed by atoms with Crippen molar-refractivity contribution in [2.24, 2.45) is 0 Å². The molecule has 1 aromatic rings. The first-order valence-electron chi connectivity index (χ1n) is 7.57. The third-order valence-corrected chi connectivity index (χ3v) is 3.90. The second-order valence-electron chi connectivity index (χ2n) is 5.79. The average molecular weight is 329 g/mol. The number of ether oxygens (including phenoxy) is 1. The number of carbonyl (C=O) groups excluding carboxylic acids is 1.